The lowest BCUT2D eigenvalue weighted by atomic mass is 9.82. The predicted octanol–water partition coefficient (Wildman–Crippen LogP) is 2.90. The van der Waals surface area contributed by atoms with E-state index in [4.69, 9.17) is 4.74 Å². The summed E-state index contributed by atoms with van der Waals surface area (Å²) in [5.74, 6) is -0.649. The van der Waals surface area contributed by atoms with Gasteiger partial charge in [0.15, 0.2) is 6.10 Å². The largest absolute Gasteiger partial charge is 0.436 e. The number of carbonyl (C=O) groups is 3. The molecule has 5 N–H and O–H groups in total. The van der Waals surface area contributed by atoms with Gasteiger partial charge in [-0.1, -0.05) is 76.3 Å². The van der Waals surface area contributed by atoms with Crippen LogP contribution in [0, 0.1) is 11.8 Å². The molecular formula is C35H56N6O6. The number of aliphatic hydroxyl groups excluding tert-OH is 2. The van der Waals surface area contributed by atoms with Crippen molar-refractivity contribution in [3.63, 3.8) is 0 Å². The van der Waals surface area contributed by atoms with Crippen LogP contribution < -0.4 is 10.6 Å². The number of aliphatic hydroxyl groups is 2. The minimum atomic E-state index is -1.21. The smallest absolute Gasteiger partial charge is 0.410 e. The highest BCUT2D eigenvalue weighted by Crippen LogP contribution is 2.29. The van der Waals surface area contributed by atoms with Crippen molar-refractivity contribution >= 4 is 17.9 Å². The lowest BCUT2D eigenvalue weighted by Gasteiger charge is -2.34. The number of hydrogen-bond donors (Lipinski definition) is 5. The number of hydrogen-bond acceptors (Lipinski definition) is 8. The molecule has 1 aliphatic carbocycles. The van der Waals surface area contributed by atoms with Crippen molar-refractivity contribution < 1.29 is 29.3 Å². The van der Waals surface area contributed by atoms with Crippen molar-refractivity contribution in [3.05, 3.63) is 54.1 Å². The van der Waals surface area contributed by atoms with Gasteiger partial charge < -0.3 is 40.4 Å². The first-order valence-corrected chi connectivity index (χ1v) is 17.0. The maximum atomic E-state index is 14.0. The molecular weight excluding hydrogens is 600 g/mol. The van der Waals surface area contributed by atoms with Crippen molar-refractivity contribution in [2.45, 2.75) is 102 Å². The molecule has 2 aromatic rings. The molecule has 3 amide bonds. The summed E-state index contributed by atoms with van der Waals surface area (Å²) >= 11 is 0. The SMILES string of the molecule is CC(C)C[C@H](O)[C@H](O)[C@H](CC1CCCCC1)NC(=O)[C@H](Cc1cnc[nH]1)NC(=O)[C@H](Cc1ccccc1)OC(=O)N(C)CCN(C)C. The van der Waals surface area contributed by atoms with E-state index in [1.165, 1.54) is 17.6 Å². The van der Waals surface area contributed by atoms with Gasteiger partial charge in [-0.25, -0.2) is 9.78 Å². The van der Waals surface area contributed by atoms with Crippen molar-refractivity contribution in [2.24, 2.45) is 11.8 Å². The molecule has 0 spiro atoms. The molecule has 1 aromatic heterocycles. The van der Waals surface area contributed by atoms with E-state index in [0.29, 0.717) is 37.5 Å². The third-order valence-corrected chi connectivity index (χ3v) is 8.76. The third-order valence-electron chi connectivity index (χ3n) is 8.76. The van der Waals surface area contributed by atoms with Gasteiger partial charge in [0.25, 0.3) is 5.91 Å². The lowest BCUT2D eigenvalue weighted by Crippen LogP contribution is -2.57. The van der Waals surface area contributed by atoms with E-state index in [1.807, 2.05) is 63.2 Å². The number of aromatic amines is 1. The van der Waals surface area contributed by atoms with Gasteiger partial charge in [-0.15, -0.1) is 0 Å². The maximum Gasteiger partial charge on any atom is 0.410 e. The second kappa shape index (κ2) is 19.4. The number of H-pyrrole nitrogens is 1. The standard InChI is InChI=1S/C35H56N6O6/c1-24(2)18-30(42)32(43)28(19-25-12-8-6-9-13-25)38-33(44)29(21-27-22-36-23-37-27)39-34(45)31(20-26-14-10-7-11-15-26)47-35(46)41(5)17-16-40(3)4/h7,10-11,14-15,22-25,28-32,42-43H,6,8-9,12-13,16-21H2,1-5H3,(H,36,37)(H,38,44)(H,39,45)/t28-,29-,30-,31-,32+/m0/s1. The van der Waals surface area contributed by atoms with E-state index in [9.17, 15) is 24.6 Å². The van der Waals surface area contributed by atoms with Gasteiger partial charge in [-0.2, -0.15) is 0 Å². The highest BCUT2D eigenvalue weighted by Gasteiger charge is 2.35. The Labute approximate surface area is 279 Å². The number of ether oxygens (including phenoxy) is 1. The number of amides is 3. The second-order valence-electron chi connectivity index (χ2n) is 13.7. The first-order valence-electron chi connectivity index (χ1n) is 17.0. The van der Waals surface area contributed by atoms with Gasteiger partial charge in [-0.05, 0) is 44.3 Å². The third kappa shape index (κ3) is 13.3. The van der Waals surface area contributed by atoms with E-state index >= 15 is 0 Å². The zero-order valence-corrected chi connectivity index (χ0v) is 28.7. The van der Waals surface area contributed by atoms with Crippen LogP contribution >= 0.6 is 0 Å². The molecule has 0 unspecified atom stereocenters. The molecule has 12 nitrogen and oxygen atoms in total. The normalized spacial score (nSPS) is 17.0. The zero-order valence-electron chi connectivity index (χ0n) is 28.7. The topological polar surface area (TPSA) is 160 Å². The number of nitrogens with one attached hydrogen (secondary N) is 3. The molecule has 0 radical (unpaired) electrons. The first kappa shape index (κ1) is 38.0. The number of aromatic nitrogens is 2. The van der Waals surface area contributed by atoms with E-state index in [1.54, 1.807) is 13.2 Å². The quantitative estimate of drug-likeness (QED) is 0.164. The van der Waals surface area contributed by atoms with E-state index < -0.39 is 48.3 Å². The molecule has 3 rings (SSSR count). The Morgan fingerprint density at radius 1 is 0.979 bits per heavy atom. The number of rotatable bonds is 18. The van der Waals surface area contributed by atoms with Crippen LogP contribution in [0.25, 0.3) is 0 Å². The van der Waals surface area contributed by atoms with Gasteiger partial charge in [0.2, 0.25) is 5.91 Å². The summed E-state index contributed by atoms with van der Waals surface area (Å²) in [6, 6.07) is 7.46. The number of imidazole rings is 1. The molecule has 0 aliphatic heterocycles. The van der Waals surface area contributed by atoms with Crippen LogP contribution in [0.4, 0.5) is 4.79 Å². The Hall–Kier alpha value is -3.48. The summed E-state index contributed by atoms with van der Waals surface area (Å²) in [4.78, 5) is 51.3. The summed E-state index contributed by atoms with van der Waals surface area (Å²) in [6.07, 6.45) is 5.53. The summed E-state index contributed by atoms with van der Waals surface area (Å²) in [6.45, 7) is 4.97. The Bertz CT molecular complexity index is 1200. The molecule has 262 valence electrons. The predicted molar refractivity (Wildman–Crippen MR) is 180 cm³/mol. The Kier molecular flexibility index (Phi) is 15.6. The number of benzene rings is 1. The fourth-order valence-corrected chi connectivity index (χ4v) is 6.00. The van der Waals surface area contributed by atoms with Crippen LogP contribution in [0.1, 0.15) is 70.1 Å². The average molecular weight is 657 g/mol. The highest BCUT2D eigenvalue weighted by atomic mass is 16.6. The molecule has 1 saturated carbocycles. The summed E-state index contributed by atoms with van der Waals surface area (Å²) in [7, 11) is 5.42. The maximum absolute atomic E-state index is 14.0. The van der Waals surface area contributed by atoms with Gasteiger partial charge in [0.05, 0.1) is 18.5 Å². The zero-order chi connectivity index (χ0) is 34.3. The van der Waals surface area contributed by atoms with E-state index in [2.05, 4.69) is 20.6 Å². The van der Waals surface area contributed by atoms with Gasteiger partial charge in [-0.3, -0.25) is 9.59 Å². The number of nitrogens with zero attached hydrogens (tertiary/aromatic N) is 3. The molecule has 0 saturated heterocycles. The Balaban J connectivity index is 1.83. The van der Waals surface area contributed by atoms with Gasteiger partial charge in [0, 0.05) is 44.9 Å². The minimum absolute atomic E-state index is 0.0904. The molecule has 0 bridgehead atoms. The van der Waals surface area contributed by atoms with Crippen LogP contribution in [-0.4, -0.2) is 113 Å². The van der Waals surface area contributed by atoms with Crippen molar-refractivity contribution in [2.75, 3.05) is 34.2 Å². The fourth-order valence-electron chi connectivity index (χ4n) is 6.00. The van der Waals surface area contributed by atoms with Crippen molar-refractivity contribution in [1.29, 1.82) is 0 Å². The van der Waals surface area contributed by atoms with Crippen LogP contribution in [0.5, 0.6) is 0 Å². The second-order valence-corrected chi connectivity index (χ2v) is 13.7. The molecule has 1 aliphatic rings. The number of likely N-dealkylation sites (N-methyl/N-ethyl adjacent to an activating group) is 2. The number of carbonyl (C=O) groups excluding carboxylic acids is 3. The highest BCUT2D eigenvalue weighted by molar-refractivity contribution is 5.90. The van der Waals surface area contributed by atoms with Crippen LogP contribution in [0.2, 0.25) is 0 Å². The summed E-state index contributed by atoms with van der Waals surface area (Å²) in [5.41, 5.74) is 1.41. The van der Waals surface area contributed by atoms with Crippen LogP contribution in [0.15, 0.2) is 42.9 Å². The minimum Gasteiger partial charge on any atom is -0.436 e. The molecule has 47 heavy (non-hydrogen) atoms. The van der Waals surface area contributed by atoms with Crippen LogP contribution in [-0.2, 0) is 27.2 Å². The Morgan fingerprint density at radius 2 is 1.68 bits per heavy atom. The first-order chi connectivity index (χ1) is 22.4. The molecule has 1 aromatic carbocycles. The summed E-state index contributed by atoms with van der Waals surface area (Å²) in [5, 5.41) is 28.0. The molecule has 5 atom stereocenters. The van der Waals surface area contributed by atoms with Gasteiger partial charge >= 0.3 is 6.09 Å². The van der Waals surface area contributed by atoms with E-state index in [0.717, 1.165) is 31.2 Å². The van der Waals surface area contributed by atoms with Crippen molar-refractivity contribution in [1.82, 2.24) is 30.4 Å². The van der Waals surface area contributed by atoms with Crippen LogP contribution in [0.3, 0.4) is 0 Å². The molecule has 1 heterocycles. The Morgan fingerprint density at radius 3 is 2.30 bits per heavy atom. The fraction of sp³-hybridized carbons (Fsp3) is 0.657. The van der Waals surface area contributed by atoms with Crippen molar-refractivity contribution in [3.8, 4) is 0 Å². The lowest BCUT2D eigenvalue weighted by molar-refractivity contribution is -0.135. The molecule has 12 heteroatoms. The summed E-state index contributed by atoms with van der Waals surface area (Å²) < 4.78 is 5.75. The van der Waals surface area contributed by atoms with E-state index in [-0.39, 0.29) is 18.8 Å². The van der Waals surface area contributed by atoms with Gasteiger partial charge in [0.1, 0.15) is 12.1 Å². The average Bonchev–Trinajstić information content (AvgIpc) is 3.56. The monoisotopic (exact) mass is 656 g/mol. The molecule has 1 fully saturated rings.